The molecule has 1 amide bonds. The van der Waals surface area contributed by atoms with E-state index in [1.54, 1.807) is 0 Å². The Morgan fingerprint density at radius 3 is 2.40 bits per heavy atom. The van der Waals surface area contributed by atoms with Gasteiger partial charge in [0, 0.05) is 44.4 Å². The van der Waals surface area contributed by atoms with Crippen molar-refractivity contribution in [2.75, 3.05) is 39.4 Å². The van der Waals surface area contributed by atoms with Gasteiger partial charge in [0.25, 0.3) is 5.91 Å². The molecule has 3 heterocycles. The number of rotatable bonds is 3. The molecular formula is C21H28N2O2. The number of benzene rings is 1. The summed E-state index contributed by atoms with van der Waals surface area (Å²) in [6, 6.07) is 8.79. The molecule has 3 aliphatic heterocycles. The summed E-state index contributed by atoms with van der Waals surface area (Å²) in [5, 5.41) is 0. The first kappa shape index (κ1) is 16.8. The highest BCUT2D eigenvalue weighted by molar-refractivity contribution is 5.94. The molecule has 3 fully saturated rings. The van der Waals surface area contributed by atoms with Crippen LogP contribution in [0, 0.1) is 0 Å². The third-order valence-electron chi connectivity index (χ3n) is 5.78. The van der Waals surface area contributed by atoms with Crippen LogP contribution in [0.4, 0.5) is 0 Å². The van der Waals surface area contributed by atoms with Gasteiger partial charge in [0.15, 0.2) is 0 Å². The summed E-state index contributed by atoms with van der Waals surface area (Å²) in [7, 11) is 0. The molecule has 4 heteroatoms. The third-order valence-corrected chi connectivity index (χ3v) is 5.78. The molecule has 3 saturated heterocycles. The number of hydrogen-bond donors (Lipinski definition) is 0. The lowest BCUT2D eigenvalue weighted by molar-refractivity contribution is 0.0793. The molecule has 1 unspecified atom stereocenters. The fourth-order valence-electron chi connectivity index (χ4n) is 4.19. The molecule has 4 nitrogen and oxygen atoms in total. The fourth-order valence-corrected chi connectivity index (χ4v) is 4.19. The topological polar surface area (TPSA) is 32.8 Å². The number of carbonyl (C=O) groups is 1. The van der Waals surface area contributed by atoms with Crippen molar-refractivity contribution in [1.29, 1.82) is 0 Å². The predicted octanol–water partition coefficient (Wildman–Crippen LogP) is 3.19. The van der Waals surface area contributed by atoms with E-state index in [1.807, 2.05) is 17.0 Å². The van der Waals surface area contributed by atoms with Crippen LogP contribution in [0.15, 0.2) is 29.8 Å². The van der Waals surface area contributed by atoms with E-state index in [0.717, 1.165) is 70.6 Å². The van der Waals surface area contributed by atoms with Gasteiger partial charge in [-0.25, -0.2) is 0 Å². The molecule has 1 aromatic rings. The second-order valence-corrected chi connectivity index (χ2v) is 7.48. The van der Waals surface area contributed by atoms with Crippen LogP contribution in [0.1, 0.15) is 48.0 Å². The van der Waals surface area contributed by atoms with Crippen molar-refractivity contribution in [3.63, 3.8) is 0 Å². The first-order chi connectivity index (χ1) is 12.3. The molecule has 0 spiro atoms. The molecule has 0 bridgehead atoms. The lowest BCUT2D eigenvalue weighted by atomic mass is 9.99. The Kier molecular flexibility index (Phi) is 5.18. The quantitative estimate of drug-likeness (QED) is 0.847. The van der Waals surface area contributed by atoms with E-state index >= 15 is 0 Å². The first-order valence-electron chi connectivity index (χ1n) is 9.70. The van der Waals surface area contributed by atoms with Crippen LogP contribution in [-0.2, 0) is 4.74 Å². The zero-order chi connectivity index (χ0) is 17.1. The van der Waals surface area contributed by atoms with Gasteiger partial charge in [-0.2, -0.15) is 0 Å². The summed E-state index contributed by atoms with van der Waals surface area (Å²) >= 11 is 0. The smallest absolute Gasteiger partial charge is 0.253 e. The standard InChI is InChI=1S/C21H28N2O2/c24-21(23-10-1-2-11-23)19-5-3-17(4-6-19)15-18-7-12-22(13-8-18)20-9-14-25-16-20/h3-6,15,20H,1-2,7-14,16H2. The lowest BCUT2D eigenvalue weighted by Crippen LogP contribution is -2.39. The number of piperidine rings is 1. The van der Waals surface area contributed by atoms with Crippen LogP contribution in [-0.4, -0.2) is 61.1 Å². The molecule has 134 valence electrons. The van der Waals surface area contributed by atoms with Gasteiger partial charge in [0.2, 0.25) is 0 Å². The van der Waals surface area contributed by atoms with Crippen molar-refractivity contribution in [2.45, 2.75) is 38.1 Å². The van der Waals surface area contributed by atoms with Crippen LogP contribution in [0.3, 0.4) is 0 Å². The largest absolute Gasteiger partial charge is 0.380 e. The molecule has 1 aromatic carbocycles. The fraction of sp³-hybridized carbons (Fsp3) is 0.571. The molecule has 0 radical (unpaired) electrons. The summed E-state index contributed by atoms with van der Waals surface area (Å²) in [5.41, 5.74) is 3.56. The minimum Gasteiger partial charge on any atom is -0.380 e. The Morgan fingerprint density at radius 1 is 1.04 bits per heavy atom. The first-order valence-corrected chi connectivity index (χ1v) is 9.70. The minimum absolute atomic E-state index is 0.184. The number of ether oxygens (including phenoxy) is 1. The van der Waals surface area contributed by atoms with Crippen molar-refractivity contribution in [3.05, 3.63) is 41.0 Å². The Bertz CT molecular complexity index is 616. The number of likely N-dealkylation sites (tertiary alicyclic amines) is 2. The summed E-state index contributed by atoms with van der Waals surface area (Å²) in [5.74, 6) is 0.184. The second kappa shape index (κ2) is 7.71. The molecular weight excluding hydrogens is 312 g/mol. The van der Waals surface area contributed by atoms with Crippen molar-refractivity contribution >= 4 is 12.0 Å². The van der Waals surface area contributed by atoms with Gasteiger partial charge in [0.05, 0.1) is 6.61 Å². The highest BCUT2D eigenvalue weighted by Crippen LogP contribution is 2.24. The van der Waals surface area contributed by atoms with Gasteiger partial charge in [0.1, 0.15) is 0 Å². The van der Waals surface area contributed by atoms with E-state index in [0.29, 0.717) is 6.04 Å². The highest BCUT2D eigenvalue weighted by atomic mass is 16.5. The average Bonchev–Trinajstić information content (AvgIpc) is 3.36. The van der Waals surface area contributed by atoms with Gasteiger partial charge in [-0.1, -0.05) is 23.8 Å². The molecule has 25 heavy (non-hydrogen) atoms. The Balaban J connectivity index is 1.34. The number of carbonyl (C=O) groups excluding carboxylic acids is 1. The van der Waals surface area contributed by atoms with Crippen molar-refractivity contribution in [3.8, 4) is 0 Å². The van der Waals surface area contributed by atoms with Crippen LogP contribution in [0.2, 0.25) is 0 Å². The van der Waals surface area contributed by atoms with Gasteiger partial charge in [-0.15, -0.1) is 0 Å². The summed E-state index contributed by atoms with van der Waals surface area (Å²) in [6.07, 6.45) is 8.06. The maximum absolute atomic E-state index is 12.4. The SMILES string of the molecule is O=C(c1ccc(C=C2CCN(C3CCOC3)CC2)cc1)N1CCCC1. The van der Waals surface area contributed by atoms with Gasteiger partial charge in [-0.3, -0.25) is 9.69 Å². The highest BCUT2D eigenvalue weighted by Gasteiger charge is 2.25. The monoisotopic (exact) mass is 340 g/mol. The van der Waals surface area contributed by atoms with Crippen molar-refractivity contribution in [2.24, 2.45) is 0 Å². The molecule has 1 atom stereocenters. The van der Waals surface area contributed by atoms with E-state index in [9.17, 15) is 4.79 Å². The molecule has 4 rings (SSSR count). The summed E-state index contributed by atoms with van der Waals surface area (Å²) in [6.45, 7) is 5.94. The normalized spacial score (nSPS) is 24.7. The van der Waals surface area contributed by atoms with Crippen LogP contribution in [0.5, 0.6) is 0 Å². The van der Waals surface area contributed by atoms with Gasteiger partial charge in [-0.05, 0) is 49.8 Å². The summed E-state index contributed by atoms with van der Waals surface area (Å²) < 4.78 is 5.51. The Morgan fingerprint density at radius 2 is 1.76 bits per heavy atom. The maximum Gasteiger partial charge on any atom is 0.253 e. The molecule has 0 saturated carbocycles. The average molecular weight is 340 g/mol. The minimum atomic E-state index is 0.184. The van der Waals surface area contributed by atoms with Gasteiger partial charge >= 0.3 is 0 Å². The van der Waals surface area contributed by atoms with Crippen molar-refractivity contribution in [1.82, 2.24) is 9.80 Å². The molecule has 0 aromatic heterocycles. The summed E-state index contributed by atoms with van der Waals surface area (Å²) in [4.78, 5) is 17.0. The van der Waals surface area contributed by atoms with E-state index in [1.165, 1.54) is 17.6 Å². The second-order valence-electron chi connectivity index (χ2n) is 7.48. The molecule has 3 aliphatic rings. The Hall–Kier alpha value is -1.65. The van der Waals surface area contributed by atoms with Gasteiger partial charge < -0.3 is 9.64 Å². The number of nitrogens with zero attached hydrogens (tertiary/aromatic N) is 2. The third kappa shape index (κ3) is 3.96. The van der Waals surface area contributed by atoms with E-state index < -0.39 is 0 Å². The lowest BCUT2D eigenvalue weighted by Gasteiger charge is -2.32. The predicted molar refractivity (Wildman–Crippen MR) is 99.6 cm³/mol. The van der Waals surface area contributed by atoms with Crippen LogP contribution < -0.4 is 0 Å². The van der Waals surface area contributed by atoms with Crippen molar-refractivity contribution < 1.29 is 9.53 Å². The zero-order valence-electron chi connectivity index (χ0n) is 15.0. The molecule has 0 N–H and O–H groups in total. The number of hydrogen-bond acceptors (Lipinski definition) is 3. The Labute approximate surface area is 150 Å². The maximum atomic E-state index is 12.4. The van der Waals surface area contributed by atoms with E-state index in [2.05, 4.69) is 23.1 Å². The van der Waals surface area contributed by atoms with Crippen LogP contribution >= 0.6 is 0 Å². The van der Waals surface area contributed by atoms with Crippen LogP contribution in [0.25, 0.3) is 6.08 Å². The zero-order valence-corrected chi connectivity index (χ0v) is 15.0. The van der Waals surface area contributed by atoms with E-state index in [4.69, 9.17) is 4.74 Å². The van der Waals surface area contributed by atoms with E-state index in [-0.39, 0.29) is 5.91 Å². The molecule has 0 aliphatic carbocycles. The number of amides is 1.